The summed E-state index contributed by atoms with van der Waals surface area (Å²) in [5.74, 6) is 1.48. The van der Waals surface area contributed by atoms with Crippen LogP contribution in [0, 0.1) is 5.92 Å². The second kappa shape index (κ2) is 6.60. The topological polar surface area (TPSA) is 12.0 Å². The Kier molecular flexibility index (Phi) is 5.11. The van der Waals surface area contributed by atoms with E-state index in [1.54, 1.807) is 0 Å². The third kappa shape index (κ3) is 3.09. The molecule has 0 aromatic heterocycles. The molecule has 2 unspecified atom stereocenters. The van der Waals surface area contributed by atoms with Crippen LogP contribution in [0.15, 0.2) is 22.7 Å². The summed E-state index contributed by atoms with van der Waals surface area (Å²) in [5.41, 5.74) is 2.83. The van der Waals surface area contributed by atoms with E-state index < -0.39 is 0 Å². The molecule has 2 heteroatoms. The molecule has 1 N–H and O–H groups in total. The molecular formula is C16H24BrN. The van der Waals surface area contributed by atoms with Gasteiger partial charge in [-0.1, -0.05) is 58.1 Å². The fraction of sp³-hybridized carbons (Fsp3) is 0.625. The fourth-order valence-corrected chi connectivity index (χ4v) is 3.48. The van der Waals surface area contributed by atoms with E-state index in [0.717, 1.165) is 12.5 Å². The molecule has 1 aliphatic rings. The van der Waals surface area contributed by atoms with Gasteiger partial charge >= 0.3 is 0 Å². The number of anilines is 1. The van der Waals surface area contributed by atoms with E-state index in [4.69, 9.17) is 0 Å². The van der Waals surface area contributed by atoms with Gasteiger partial charge in [-0.05, 0) is 33.5 Å². The summed E-state index contributed by atoms with van der Waals surface area (Å²) in [5, 5.41) is 3.55. The van der Waals surface area contributed by atoms with Gasteiger partial charge in [-0.15, -0.1) is 0 Å². The molecule has 1 nitrogen and oxygen atoms in total. The van der Waals surface area contributed by atoms with Crippen molar-refractivity contribution >= 4 is 21.6 Å². The van der Waals surface area contributed by atoms with E-state index in [-0.39, 0.29) is 0 Å². The van der Waals surface area contributed by atoms with Crippen LogP contribution in [0.5, 0.6) is 0 Å². The third-order valence-corrected chi connectivity index (χ3v) is 4.80. The molecule has 1 heterocycles. The fourth-order valence-electron chi connectivity index (χ4n) is 2.96. The maximum atomic E-state index is 3.63. The van der Waals surface area contributed by atoms with Crippen molar-refractivity contribution in [2.24, 2.45) is 5.92 Å². The standard InChI is InChI=1S/C16H24BrN/c1-3-4-5-6-8-12(2)14-11-18-16-13(14)9-7-10-15(16)17/h7,9-10,12,14,18H,3-6,8,11H2,1-2H3. The molecule has 0 saturated carbocycles. The molecule has 0 bridgehead atoms. The average Bonchev–Trinajstić information content (AvgIpc) is 2.80. The van der Waals surface area contributed by atoms with Crippen molar-refractivity contribution in [3.8, 4) is 0 Å². The zero-order chi connectivity index (χ0) is 13.0. The SMILES string of the molecule is CCCCCCC(C)C1CNc2c(Br)cccc21. The summed E-state index contributed by atoms with van der Waals surface area (Å²) < 4.78 is 1.21. The first kappa shape index (κ1) is 13.9. The van der Waals surface area contributed by atoms with Crippen molar-refractivity contribution < 1.29 is 0 Å². The number of nitrogens with one attached hydrogen (secondary N) is 1. The highest BCUT2D eigenvalue weighted by atomic mass is 79.9. The summed E-state index contributed by atoms with van der Waals surface area (Å²) >= 11 is 3.63. The maximum absolute atomic E-state index is 3.63. The molecule has 0 aliphatic carbocycles. The van der Waals surface area contributed by atoms with Crippen molar-refractivity contribution in [3.05, 3.63) is 28.2 Å². The van der Waals surface area contributed by atoms with E-state index in [2.05, 4.69) is 53.3 Å². The summed E-state index contributed by atoms with van der Waals surface area (Å²) in [6.45, 7) is 5.79. The van der Waals surface area contributed by atoms with Crippen LogP contribution in [0.25, 0.3) is 0 Å². The van der Waals surface area contributed by atoms with E-state index >= 15 is 0 Å². The van der Waals surface area contributed by atoms with Gasteiger partial charge in [0.05, 0.1) is 5.69 Å². The molecule has 18 heavy (non-hydrogen) atoms. The van der Waals surface area contributed by atoms with E-state index in [9.17, 15) is 0 Å². The van der Waals surface area contributed by atoms with Crippen LogP contribution in [-0.4, -0.2) is 6.54 Å². The Morgan fingerprint density at radius 2 is 2.17 bits per heavy atom. The number of unbranched alkanes of at least 4 members (excludes halogenated alkanes) is 3. The normalized spacial score (nSPS) is 19.4. The van der Waals surface area contributed by atoms with Crippen LogP contribution in [0.3, 0.4) is 0 Å². The molecule has 0 radical (unpaired) electrons. The maximum Gasteiger partial charge on any atom is 0.0521 e. The molecule has 0 fully saturated rings. The van der Waals surface area contributed by atoms with E-state index in [1.807, 2.05) is 0 Å². The third-order valence-electron chi connectivity index (χ3n) is 4.14. The lowest BCUT2D eigenvalue weighted by atomic mass is 9.85. The zero-order valence-corrected chi connectivity index (χ0v) is 13.1. The Morgan fingerprint density at radius 3 is 2.94 bits per heavy atom. The number of halogens is 1. The molecule has 2 atom stereocenters. The monoisotopic (exact) mass is 309 g/mol. The van der Waals surface area contributed by atoms with Crippen molar-refractivity contribution in [2.45, 2.75) is 51.9 Å². The number of hydrogen-bond donors (Lipinski definition) is 1. The summed E-state index contributed by atoms with van der Waals surface area (Å²) in [6.07, 6.45) is 6.85. The Balaban J connectivity index is 1.94. The molecule has 1 aromatic rings. The average molecular weight is 310 g/mol. The second-order valence-corrected chi connectivity index (χ2v) is 6.37. The van der Waals surface area contributed by atoms with Gasteiger partial charge in [-0.3, -0.25) is 0 Å². The molecule has 2 rings (SSSR count). The molecular weight excluding hydrogens is 286 g/mol. The number of fused-ring (bicyclic) bond motifs is 1. The lowest BCUT2D eigenvalue weighted by molar-refractivity contribution is 0.427. The van der Waals surface area contributed by atoms with Crippen molar-refractivity contribution in [2.75, 3.05) is 11.9 Å². The lowest BCUT2D eigenvalue weighted by Crippen LogP contribution is -2.12. The number of benzene rings is 1. The lowest BCUT2D eigenvalue weighted by Gasteiger charge is -2.19. The molecule has 1 aliphatic heterocycles. The summed E-state index contributed by atoms with van der Waals surface area (Å²) in [6, 6.07) is 6.57. The van der Waals surface area contributed by atoms with Crippen LogP contribution in [-0.2, 0) is 0 Å². The van der Waals surface area contributed by atoms with Gasteiger partial charge in [0.1, 0.15) is 0 Å². The Bertz CT molecular complexity index is 389. The highest BCUT2D eigenvalue weighted by Crippen LogP contribution is 2.41. The van der Waals surface area contributed by atoms with Crippen molar-refractivity contribution in [3.63, 3.8) is 0 Å². The van der Waals surface area contributed by atoms with Crippen LogP contribution < -0.4 is 5.32 Å². The predicted octanol–water partition coefficient (Wildman–Crippen LogP) is 5.56. The van der Waals surface area contributed by atoms with Gasteiger partial charge in [-0.2, -0.15) is 0 Å². The first-order valence-electron chi connectivity index (χ1n) is 7.26. The molecule has 100 valence electrons. The minimum Gasteiger partial charge on any atom is -0.383 e. The molecule has 0 spiro atoms. The Morgan fingerprint density at radius 1 is 1.33 bits per heavy atom. The highest BCUT2D eigenvalue weighted by Gasteiger charge is 2.27. The van der Waals surface area contributed by atoms with Gasteiger partial charge in [0, 0.05) is 16.9 Å². The minimum absolute atomic E-state index is 0.694. The molecule has 0 amide bonds. The smallest absolute Gasteiger partial charge is 0.0521 e. The molecule has 1 aromatic carbocycles. The first-order chi connectivity index (χ1) is 8.74. The van der Waals surface area contributed by atoms with Crippen LogP contribution in [0.4, 0.5) is 5.69 Å². The van der Waals surface area contributed by atoms with Gasteiger partial charge < -0.3 is 5.32 Å². The minimum atomic E-state index is 0.694. The van der Waals surface area contributed by atoms with Crippen molar-refractivity contribution in [1.82, 2.24) is 0 Å². The van der Waals surface area contributed by atoms with Gasteiger partial charge in [0.15, 0.2) is 0 Å². The van der Waals surface area contributed by atoms with Gasteiger partial charge in [0.25, 0.3) is 0 Å². The van der Waals surface area contributed by atoms with E-state index in [0.29, 0.717) is 5.92 Å². The largest absolute Gasteiger partial charge is 0.383 e. The summed E-state index contributed by atoms with van der Waals surface area (Å²) in [4.78, 5) is 0. The number of hydrogen-bond acceptors (Lipinski definition) is 1. The van der Waals surface area contributed by atoms with Crippen LogP contribution >= 0.6 is 15.9 Å². The second-order valence-electron chi connectivity index (χ2n) is 5.52. The van der Waals surface area contributed by atoms with Crippen molar-refractivity contribution in [1.29, 1.82) is 0 Å². The number of rotatable bonds is 6. The van der Waals surface area contributed by atoms with Gasteiger partial charge in [-0.25, -0.2) is 0 Å². The highest BCUT2D eigenvalue weighted by molar-refractivity contribution is 9.10. The predicted molar refractivity (Wildman–Crippen MR) is 83.3 cm³/mol. The van der Waals surface area contributed by atoms with Crippen LogP contribution in [0.1, 0.15) is 57.4 Å². The number of para-hydroxylation sites is 1. The quantitative estimate of drug-likeness (QED) is 0.678. The van der Waals surface area contributed by atoms with E-state index in [1.165, 1.54) is 47.8 Å². The first-order valence-corrected chi connectivity index (χ1v) is 8.05. The Hall–Kier alpha value is -0.500. The Labute approximate surface area is 119 Å². The summed E-state index contributed by atoms with van der Waals surface area (Å²) in [7, 11) is 0. The zero-order valence-electron chi connectivity index (χ0n) is 11.5. The van der Waals surface area contributed by atoms with Gasteiger partial charge in [0.2, 0.25) is 0 Å². The van der Waals surface area contributed by atoms with Crippen LogP contribution in [0.2, 0.25) is 0 Å². The molecule has 0 saturated heterocycles.